The molecule has 1 atom stereocenters. The quantitative estimate of drug-likeness (QED) is 0.238. The zero-order chi connectivity index (χ0) is 34.5. The molecule has 6 heterocycles. The third-order valence-electron chi connectivity index (χ3n) is 10.1. The maximum absolute atomic E-state index is 13.0. The van der Waals surface area contributed by atoms with Gasteiger partial charge in [-0.2, -0.15) is 35.5 Å². The average Bonchev–Trinajstić information content (AvgIpc) is 3.77. The van der Waals surface area contributed by atoms with Gasteiger partial charge in [0.25, 0.3) is 10.2 Å². The number of hydrogen-bond acceptors (Lipinski definition) is 9. The van der Waals surface area contributed by atoms with E-state index in [9.17, 15) is 26.9 Å². The van der Waals surface area contributed by atoms with Crippen molar-refractivity contribution in [3.63, 3.8) is 0 Å². The molecule has 3 aliphatic rings. The summed E-state index contributed by atoms with van der Waals surface area (Å²) in [6.07, 6.45) is -2.08. The minimum absolute atomic E-state index is 0.129. The summed E-state index contributed by atoms with van der Waals surface area (Å²) in [4.78, 5) is 14.1. The van der Waals surface area contributed by atoms with Gasteiger partial charge in [0.05, 0.1) is 11.8 Å². The first-order valence-corrected chi connectivity index (χ1v) is 18.9. The first kappa shape index (κ1) is 34.1. The van der Waals surface area contributed by atoms with Crippen molar-refractivity contribution in [1.29, 1.82) is 5.26 Å². The van der Waals surface area contributed by atoms with E-state index in [4.69, 9.17) is 0 Å². The van der Waals surface area contributed by atoms with Crippen LogP contribution in [0.4, 0.5) is 19.0 Å². The van der Waals surface area contributed by atoms with Gasteiger partial charge in [-0.05, 0) is 56.0 Å². The molecule has 0 spiro atoms. The molecule has 3 aliphatic heterocycles. The van der Waals surface area contributed by atoms with Crippen molar-refractivity contribution in [3.8, 4) is 6.07 Å². The van der Waals surface area contributed by atoms with Gasteiger partial charge in [-0.1, -0.05) is 6.07 Å². The maximum atomic E-state index is 13.0. The standard InChI is InChI=1S/C33H40F3N9O2S2/c1-22(42-9-11-43(12-10-42)49(46,47)44-13-14-44)19-45-26(18-37)15-28-23(2)24(3-4-30(28)45)20-41-7-5-25(6-8-41)40-31-29-16-27(17-33(34,35)36)48-32(29)39-21-38-31/h3-4,15-16,21-22,25H,5-14,17,19-20H2,1-2H3,(H,38,39,40)/t22-/m0/s1. The zero-order valence-electron chi connectivity index (χ0n) is 27.6. The second-order valence-corrected chi connectivity index (χ2v) is 16.4. The van der Waals surface area contributed by atoms with Crippen LogP contribution in [0.25, 0.3) is 21.1 Å². The second-order valence-electron chi connectivity index (χ2n) is 13.4. The second kappa shape index (κ2) is 13.4. The molecule has 1 aromatic carbocycles. The first-order valence-electron chi connectivity index (χ1n) is 16.7. The van der Waals surface area contributed by atoms with Crippen LogP contribution in [0.3, 0.4) is 0 Å². The molecule has 4 aromatic rings. The number of likely N-dealkylation sites (tertiary alicyclic amines) is 1. The molecule has 0 saturated carbocycles. The molecule has 0 aliphatic carbocycles. The van der Waals surface area contributed by atoms with Crippen LogP contribution in [0.5, 0.6) is 0 Å². The van der Waals surface area contributed by atoms with Crippen LogP contribution >= 0.6 is 11.3 Å². The predicted octanol–water partition coefficient (Wildman–Crippen LogP) is 4.57. The predicted molar refractivity (Wildman–Crippen MR) is 184 cm³/mol. The summed E-state index contributed by atoms with van der Waals surface area (Å²) in [6.45, 7) is 10.9. The fourth-order valence-electron chi connectivity index (χ4n) is 7.15. The topological polar surface area (TPSA) is 113 Å². The van der Waals surface area contributed by atoms with E-state index >= 15 is 0 Å². The highest BCUT2D eigenvalue weighted by atomic mass is 32.2. The highest BCUT2D eigenvalue weighted by Gasteiger charge is 2.39. The molecule has 262 valence electrons. The van der Waals surface area contributed by atoms with Crippen LogP contribution in [-0.4, -0.2) is 112 Å². The number of piperazine rings is 1. The highest BCUT2D eigenvalue weighted by molar-refractivity contribution is 7.87. The van der Waals surface area contributed by atoms with Gasteiger partial charge in [-0.3, -0.25) is 9.80 Å². The summed E-state index contributed by atoms with van der Waals surface area (Å²) in [5.74, 6) is 0.587. The van der Waals surface area contributed by atoms with E-state index in [1.165, 1.54) is 16.2 Å². The molecular formula is C33H40F3N9O2S2. The normalized spacial score (nSPS) is 19.8. The largest absolute Gasteiger partial charge is 0.393 e. The van der Waals surface area contributed by atoms with Crippen LogP contribution in [0.15, 0.2) is 30.6 Å². The van der Waals surface area contributed by atoms with Gasteiger partial charge in [0.1, 0.15) is 28.7 Å². The molecule has 11 nitrogen and oxygen atoms in total. The lowest BCUT2D eigenvalue weighted by Crippen LogP contribution is -2.53. The van der Waals surface area contributed by atoms with Crippen LogP contribution < -0.4 is 5.32 Å². The van der Waals surface area contributed by atoms with E-state index < -0.39 is 22.8 Å². The SMILES string of the molecule is Cc1c(CN2CCC(Nc3ncnc4sc(CC(F)(F)F)cc34)CC2)ccc2c1cc(C#N)n2C[C@H](C)N1CCN(S(=O)(=O)N2CC2)CC1. The van der Waals surface area contributed by atoms with Crippen molar-refractivity contribution < 1.29 is 21.6 Å². The number of benzene rings is 1. The van der Waals surface area contributed by atoms with E-state index in [0.717, 1.165) is 60.3 Å². The van der Waals surface area contributed by atoms with Crippen molar-refractivity contribution in [1.82, 2.24) is 32.9 Å². The van der Waals surface area contributed by atoms with Crippen LogP contribution in [0.1, 0.15) is 41.5 Å². The number of nitrogens with zero attached hydrogens (tertiary/aromatic N) is 8. The first-order chi connectivity index (χ1) is 23.4. The van der Waals surface area contributed by atoms with E-state index in [2.05, 4.69) is 61.7 Å². The summed E-state index contributed by atoms with van der Waals surface area (Å²) in [7, 11) is -3.32. The Balaban J connectivity index is 0.970. The molecule has 0 unspecified atom stereocenters. The number of thiophene rings is 1. The molecule has 7 rings (SSSR count). The highest BCUT2D eigenvalue weighted by Crippen LogP contribution is 2.34. The lowest BCUT2D eigenvalue weighted by Gasteiger charge is -2.37. The number of aryl methyl sites for hydroxylation is 1. The number of rotatable bonds is 10. The molecule has 49 heavy (non-hydrogen) atoms. The number of hydrogen-bond donors (Lipinski definition) is 1. The van der Waals surface area contributed by atoms with Crippen molar-refractivity contribution in [2.75, 3.05) is 57.7 Å². The fraction of sp³-hybridized carbons (Fsp3) is 0.545. The number of aromatic nitrogens is 3. The van der Waals surface area contributed by atoms with E-state index in [1.54, 1.807) is 10.4 Å². The number of nitriles is 1. The lowest BCUT2D eigenvalue weighted by atomic mass is 10.0. The summed E-state index contributed by atoms with van der Waals surface area (Å²) in [5, 5.41) is 15.2. The monoisotopic (exact) mass is 715 g/mol. The Morgan fingerprint density at radius 3 is 2.37 bits per heavy atom. The number of fused-ring (bicyclic) bond motifs is 2. The van der Waals surface area contributed by atoms with Gasteiger partial charge in [-0.25, -0.2) is 9.97 Å². The number of alkyl halides is 3. The lowest BCUT2D eigenvalue weighted by molar-refractivity contribution is -0.126. The summed E-state index contributed by atoms with van der Waals surface area (Å²) in [5.41, 5.74) is 4.01. The number of piperidine rings is 1. The average molecular weight is 716 g/mol. The molecule has 0 bridgehead atoms. The molecule has 1 N–H and O–H groups in total. The summed E-state index contributed by atoms with van der Waals surface area (Å²) < 4.78 is 69.3. The maximum Gasteiger partial charge on any atom is 0.393 e. The third kappa shape index (κ3) is 7.28. The Hall–Kier alpha value is -3.33. The summed E-state index contributed by atoms with van der Waals surface area (Å²) in [6, 6.07) is 10.5. The van der Waals surface area contributed by atoms with Gasteiger partial charge in [0.15, 0.2) is 0 Å². The van der Waals surface area contributed by atoms with E-state index in [-0.39, 0.29) is 17.0 Å². The molecular weight excluding hydrogens is 676 g/mol. The number of halogens is 3. The molecule has 0 amide bonds. The minimum Gasteiger partial charge on any atom is -0.367 e. The summed E-state index contributed by atoms with van der Waals surface area (Å²) >= 11 is 1.06. The molecule has 0 radical (unpaired) electrons. The Morgan fingerprint density at radius 2 is 1.71 bits per heavy atom. The van der Waals surface area contributed by atoms with Gasteiger partial charge < -0.3 is 9.88 Å². The van der Waals surface area contributed by atoms with Gasteiger partial charge in [0, 0.05) is 93.3 Å². The van der Waals surface area contributed by atoms with E-state index in [0.29, 0.717) is 67.5 Å². The third-order valence-corrected chi connectivity index (χ3v) is 13.1. The minimum atomic E-state index is -4.27. The van der Waals surface area contributed by atoms with Gasteiger partial charge >= 0.3 is 6.18 Å². The number of anilines is 1. The van der Waals surface area contributed by atoms with Crippen LogP contribution in [-0.2, 0) is 29.7 Å². The fourth-order valence-corrected chi connectivity index (χ4v) is 9.67. The van der Waals surface area contributed by atoms with Crippen molar-refractivity contribution in [2.45, 2.75) is 64.5 Å². The molecule has 3 saturated heterocycles. The van der Waals surface area contributed by atoms with Crippen molar-refractivity contribution in [3.05, 3.63) is 52.3 Å². The smallest absolute Gasteiger partial charge is 0.367 e. The Kier molecular flexibility index (Phi) is 9.35. The van der Waals surface area contributed by atoms with Crippen molar-refractivity contribution >= 4 is 48.5 Å². The molecule has 16 heteroatoms. The van der Waals surface area contributed by atoms with Crippen LogP contribution in [0.2, 0.25) is 0 Å². The van der Waals surface area contributed by atoms with E-state index in [1.807, 2.05) is 6.07 Å². The zero-order valence-corrected chi connectivity index (χ0v) is 29.2. The number of nitrogens with one attached hydrogen (secondary N) is 1. The molecule has 3 fully saturated rings. The van der Waals surface area contributed by atoms with Gasteiger partial charge in [0.2, 0.25) is 0 Å². The van der Waals surface area contributed by atoms with Gasteiger partial charge in [-0.15, -0.1) is 11.3 Å². The Labute approximate surface area is 288 Å². The molecule has 3 aromatic heterocycles. The van der Waals surface area contributed by atoms with Crippen molar-refractivity contribution in [2.24, 2.45) is 0 Å². The Morgan fingerprint density at radius 1 is 1.02 bits per heavy atom. The van der Waals surface area contributed by atoms with Crippen LogP contribution in [0, 0.1) is 18.3 Å². The Bertz CT molecular complexity index is 1990.